The number of nitriles is 1. The molecule has 3 aromatic heterocycles. The highest BCUT2D eigenvalue weighted by molar-refractivity contribution is 7.14. The van der Waals surface area contributed by atoms with E-state index in [4.69, 9.17) is 5.26 Å². The normalized spacial score (nSPS) is 10.6. The molecule has 0 fully saturated rings. The highest BCUT2D eigenvalue weighted by atomic mass is 32.1. The van der Waals surface area contributed by atoms with Crippen molar-refractivity contribution in [2.75, 3.05) is 5.32 Å². The molecule has 0 saturated heterocycles. The number of benzene rings is 1. The summed E-state index contributed by atoms with van der Waals surface area (Å²) in [7, 11) is 0. The van der Waals surface area contributed by atoms with Crippen LogP contribution in [-0.2, 0) is 0 Å². The highest BCUT2D eigenvalue weighted by Crippen LogP contribution is 2.34. The van der Waals surface area contributed by atoms with E-state index < -0.39 is 5.82 Å². The number of aryl methyl sites for hydroxylation is 1. The number of nitrogens with one attached hydrogen (secondary N) is 2. The van der Waals surface area contributed by atoms with Gasteiger partial charge in [0.2, 0.25) is 5.95 Å². The maximum Gasteiger partial charge on any atom is 0.229 e. The van der Waals surface area contributed by atoms with Crippen LogP contribution in [0.4, 0.5) is 15.5 Å². The second-order valence-electron chi connectivity index (χ2n) is 5.65. The molecular weight excluding hydrogens is 365 g/mol. The third kappa shape index (κ3) is 3.38. The number of rotatable bonds is 4. The Morgan fingerprint density at radius 1 is 1.22 bits per heavy atom. The molecule has 0 saturated carbocycles. The van der Waals surface area contributed by atoms with Gasteiger partial charge in [-0.2, -0.15) is 10.4 Å². The number of aromatic nitrogens is 5. The summed E-state index contributed by atoms with van der Waals surface area (Å²) in [5, 5.41) is 21.4. The second-order valence-corrected chi connectivity index (χ2v) is 6.51. The first-order chi connectivity index (χ1) is 13.1. The van der Waals surface area contributed by atoms with E-state index in [1.165, 1.54) is 29.5 Å². The van der Waals surface area contributed by atoms with Crippen molar-refractivity contribution in [1.29, 1.82) is 5.26 Å². The van der Waals surface area contributed by atoms with Crippen molar-refractivity contribution < 1.29 is 4.39 Å². The quantitative estimate of drug-likeness (QED) is 0.556. The molecule has 0 aliphatic rings. The summed E-state index contributed by atoms with van der Waals surface area (Å²) in [6.07, 6.45) is 3.24. The molecule has 0 aliphatic carbocycles. The molecular formula is C18H12FN7S. The van der Waals surface area contributed by atoms with Crippen LogP contribution in [0.1, 0.15) is 11.3 Å². The number of anilines is 2. The minimum absolute atomic E-state index is 0.270. The summed E-state index contributed by atoms with van der Waals surface area (Å²) in [4.78, 5) is 12.9. The Balaban J connectivity index is 1.68. The molecule has 27 heavy (non-hydrogen) atoms. The number of hydrogen-bond donors (Lipinski definition) is 2. The molecule has 4 rings (SSSR count). The van der Waals surface area contributed by atoms with Gasteiger partial charge < -0.3 is 5.32 Å². The van der Waals surface area contributed by atoms with E-state index in [0.29, 0.717) is 33.6 Å². The van der Waals surface area contributed by atoms with Gasteiger partial charge in [-0.05, 0) is 31.2 Å². The second kappa shape index (κ2) is 6.93. The van der Waals surface area contributed by atoms with Gasteiger partial charge >= 0.3 is 0 Å². The Labute approximate surface area is 157 Å². The minimum atomic E-state index is -0.443. The molecule has 0 aliphatic heterocycles. The third-order valence-electron chi connectivity index (χ3n) is 3.80. The Morgan fingerprint density at radius 2 is 2.11 bits per heavy atom. The molecule has 3 heterocycles. The van der Waals surface area contributed by atoms with Crippen LogP contribution in [0, 0.1) is 24.1 Å². The number of thiazole rings is 1. The zero-order valence-electron chi connectivity index (χ0n) is 14.1. The van der Waals surface area contributed by atoms with E-state index in [2.05, 4.69) is 30.5 Å². The number of aromatic amines is 1. The molecule has 0 amide bonds. The van der Waals surface area contributed by atoms with Crippen LogP contribution in [0.25, 0.3) is 22.5 Å². The van der Waals surface area contributed by atoms with Crippen molar-refractivity contribution in [1.82, 2.24) is 25.1 Å². The molecule has 2 N–H and O–H groups in total. The summed E-state index contributed by atoms with van der Waals surface area (Å²) in [6.45, 7) is 1.88. The van der Waals surface area contributed by atoms with Crippen LogP contribution in [0.15, 0.2) is 42.0 Å². The van der Waals surface area contributed by atoms with Gasteiger partial charge in [-0.1, -0.05) is 0 Å². The smallest absolute Gasteiger partial charge is 0.229 e. The Hall–Kier alpha value is -3.64. The van der Waals surface area contributed by atoms with Crippen LogP contribution >= 0.6 is 11.3 Å². The summed E-state index contributed by atoms with van der Waals surface area (Å²) < 4.78 is 14.3. The molecule has 1 aromatic carbocycles. The fourth-order valence-electron chi connectivity index (χ4n) is 2.53. The molecule has 0 unspecified atom stereocenters. The summed E-state index contributed by atoms with van der Waals surface area (Å²) >= 11 is 1.37. The third-order valence-corrected chi connectivity index (χ3v) is 4.56. The monoisotopic (exact) mass is 377 g/mol. The Kier molecular flexibility index (Phi) is 4.32. The lowest BCUT2D eigenvalue weighted by Crippen LogP contribution is -1.97. The summed E-state index contributed by atoms with van der Waals surface area (Å²) in [5.41, 5.74) is 3.21. The zero-order valence-corrected chi connectivity index (χ0v) is 14.9. The molecule has 0 bridgehead atoms. The average Bonchev–Trinajstić information content (AvgIpc) is 3.31. The van der Waals surface area contributed by atoms with Gasteiger partial charge in [-0.25, -0.2) is 19.3 Å². The average molecular weight is 377 g/mol. The molecule has 4 aromatic rings. The Morgan fingerprint density at radius 3 is 2.93 bits per heavy atom. The maximum atomic E-state index is 14.3. The van der Waals surface area contributed by atoms with Gasteiger partial charge in [0, 0.05) is 28.4 Å². The standard InChI is InChI=1S/C18H12FN7S/c1-10-4-5-21-17(23-10)25-18-24-15(9-27-18)13-8-22-26-16(13)12-6-11(7-20)2-3-14(12)19/h2-6,8-9H,1H3,(H,22,26)(H,21,23,24,25). The summed E-state index contributed by atoms with van der Waals surface area (Å²) in [5.74, 6) is 0.0114. The van der Waals surface area contributed by atoms with Crippen molar-refractivity contribution in [3.63, 3.8) is 0 Å². The van der Waals surface area contributed by atoms with Crippen LogP contribution in [0.3, 0.4) is 0 Å². The van der Waals surface area contributed by atoms with Crippen LogP contribution in [-0.4, -0.2) is 25.1 Å². The molecule has 0 spiro atoms. The lowest BCUT2D eigenvalue weighted by Gasteiger charge is -2.04. The first kappa shape index (κ1) is 16.8. The SMILES string of the molecule is Cc1ccnc(Nc2nc(-c3cn[nH]c3-c3cc(C#N)ccc3F)cs2)n1. The highest BCUT2D eigenvalue weighted by Gasteiger charge is 2.17. The van der Waals surface area contributed by atoms with E-state index in [-0.39, 0.29) is 5.56 Å². The van der Waals surface area contributed by atoms with Crippen molar-refractivity contribution >= 4 is 22.4 Å². The van der Waals surface area contributed by atoms with Crippen LogP contribution < -0.4 is 5.32 Å². The van der Waals surface area contributed by atoms with Crippen molar-refractivity contribution in [3.8, 4) is 28.6 Å². The number of H-pyrrole nitrogens is 1. The van der Waals surface area contributed by atoms with Crippen LogP contribution in [0.2, 0.25) is 0 Å². The molecule has 0 atom stereocenters. The minimum Gasteiger partial charge on any atom is -0.300 e. The number of halogens is 1. The van der Waals surface area contributed by atoms with E-state index >= 15 is 0 Å². The fraction of sp³-hybridized carbons (Fsp3) is 0.0556. The van der Waals surface area contributed by atoms with Gasteiger partial charge in [0.25, 0.3) is 0 Å². The predicted molar refractivity (Wildman–Crippen MR) is 99.9 cm³/mol. The number of hydrogen-bond acceptors (Lipinski definition) is 7. The first-order valence-electron chi connectivity index (χ1n) is 7.90. The number of nitrogens with zero attached hydrogens (tertiary/aromatic N) is 5. The summed E-state index contributed by atoms with van der Waals surface area (Å²) in [6, 6.07) is 8.00. The lowest BCUT2D eigenvalue weighted by molar-refractivity contribution is 0.630. The molecule has 7 nitrogen and oxygen atoms in total. The van der Waals surface area contributed by atoms with E-state index in [1.54, 1.807) is 18.5 Å². The van der Waals surface area contributed by atoms with Crippen molar-refractivity contribution in [2.45, 2.75) is 6.92 Å². The van der Waals surface area contributed by atoms with E-state index in [9.17, 15) is 4.39 Å². The molecule has 0 radical (unpaired) electrons. The van der Waals surface area contributed by atoms with E-state index in [1.807, 2.05) is 18.4 Å². The van der Waals surface area contributed by atoms with Gasteiger partial charge in [-0.3, -0.25) is 5.10 Å². The topological polar surface area (TPSA) is 103 Å². The maximum absolute atomic E-state index is 14.3. The molecule has 132 valence electrons. The first-order valence-corrected chi connectivity index (χ1v) is 8.78. The lowest BCUT2D eigenvalue weighted by atomic mass is 10.0. The van der Waals surface area contributed by atoms with Crippen molar-refractivity contribution in [3.05, 3.63) is 59.1 Å². The predicted octanol–water partition coefficient (Wildman–Crippen LogP) is 4.05. The zero-order chi connectivity index (χ0) is 18.8. The van der Waals surface area contributed by atoms with Gasteiger partial charge in [0.15, 0.2) is 5.13 Å². The Bertz CT molecular complexity index is 1160. The van der Waals surface area contributed by atoms with Crippen molar-refractivity contribution in [2.24, 2.45) is 0 Å². The van der Waals surface area contributed by atoms with Gasteiger partial charge in [0.05, 0.1) is 29.2 Å². The molecule has 9 heteroatoms. The van der Waals surface area contributed by atoms with E-state index in [0.717, 1.165) is 5.69 Å². The van der Waals surface area contributed by atoms with Gasteiger partial charge in [-0.15, -0.1) is 11.3 Å². The largest absolute Gasteiger partial charge is 0.300 e. The fourth-order valence-corrected chi connectivity index (χ4v) is 3.24. The van der Waals surface area contributed by atoms with Crippen LogP contribution in [0.5, 0.6) is 0 Å². The van der Waals surface area contributed by atoms with Gasteiger partial charge in [0.1, 0.15) is 5.82 Å².